The van der Waals surface area contributed by atoms with Crippen molar-refractivity contribution < 1.29 is 14.3 Å². The highest BCUT2D eigenvalue weighted by Crippen LogP contribution is 2.27. The molecular weight excluding hydrogens is 280 g/mol. The van der Waals surface area contributed by atoms with Crippen LogP contribution in [0.3, 0.4) is 0 Å². The van der Waals surface area contributed by atoms with Gasteiger partial charge in [0.2, 0.25) is 11.8 Å². The van der Waals surface area contributed by atoms with Gasteiger partial charge in [0.15, 0.2) is 0 Å². The van der Waals surface area contributed by atoms with E-state index >= 15 is 0 Å². The van der Waals surface area contributed by atoms with Gasteiger partial charge in [-0.05, 0) is 31.9 Å². The number of para-hydroxylation sites is 1. The predicted octanol–water partition coefficient (Wildman–Crippen LogP) is 1.56. The van der Waals surface area contributed by atoms with E-state index in [1.807, 2.05) is 38.1 Å². The van der Waals surface area contributed by atoms with Crippen molar-refractivity contribution >= 4 is 11.8 Å². The van der Waals surface area contributed by atoms with Crippen molar-refractivity contribution in [2.45, 2.75) is 20.3 Å². The number of benzene rings is 1. The molecule has 0 saturated heterocycles. The Morgan fingerprint density at radius 1 is 1.23 bits per heavy atom. The van der Waals surface area contributed by atoms with Crippen LogP contribution >= 0.6 is 0 Å². The van der Waals surface area contributed by atoms with Gasteiger partial charge in [-0.25, -0.2) is 0 Å². The van der Waals surface area contributed by atoms with Gasteiger partial charge in [0.25, 0.3) is 0 Å². The molecule has 0 fully saturated rings. The molecule has 2 amide bonds. The van der Waals surface area contributed by atoms with E-state index in [4.69, 9.17) is 4.74 Å². The second kappa shape index (κ2) is 7.29. The molecule has 0 spiro atoms. The molecular formula is C17H24N2O3. The molecule has 0 aliphatic carbocycles. The Hall–Kier alpha value is -2.04. The number of fused-ring (bicyclic) bond motifs is 1. The summed E-state index contributed by atoms with van der Waals surface area (Å²) < 4.78 is 5.66. The zero-order chi connectivity index (χ0) is 16.1. The Kier molecular flexibility index (Phi) is 5.41. The Morgan fingerprint density at radius 3 is 2.59 bits per heavy atom. The molecule has 22 heavy (non-hydrogen) atoms. The molecule has 5 nitrogen and oxygen atoms in total. The quantitative estimate of drug-likeness (QED) is 0.829. The van der Waals surface area contributed by atoms with E-state index in [1.165, 1.54) is 4.90 Å². The third-order valence-corrected chi connectivity index (χ3v) is 4.09. The summed E-state index contributed by atoms with van der Waals surface area (Å²) in [5, 5.41) is 0. The molecule has 1 aromatic carbocycles. The van der Waals surface area contributed by atoms with Crippen LogP contribution in [0.5, 0.6) is 5.75 Å². The number of carbonyl (C=O) groups excluding carboxylic acids is 2. The van der Waals surface area contributed by atoms with Gasteiger partial charge in [0, 0.05) is 20.1 Å². The first-order valence-corrected chi connectivity index (χ1v) is 7.80. The van der Waals surface area contributed by atoms with Crippen molar-refractivity contribution in [3.05, 3.63) is 29.8 Å². The standard InChI is InChI=1S/C17H24N2O3/c1-4-19(5-2)16(20)11-18(3)17(21)14-10-13-8-6-7-9-15(13)22-12-14/h6-9,14H,4-5,10-12H2,1-3H3. The van der Waals surface area contributed by atoms with E-state index in [0.29, 0.717) is 26.1 Å². The van der Waals surface area contributed by atoms with Gasteiger partial charge in [-0.2, -0.15) is 0 Å². The van der Waals surface area contributed by atoms with Gasteiger partial charge >= 0.3 is 0 Å². The first-order chi connectivity index (χ1) is 10.6. The van der Waals surface area contributed by atoms with Crippen LogP contribution in [-0.4, -0.2) is 54.9 Å². The molecule has 1 aliphatic heterocycles. The molecule has 5 heteroatoms. The third-order valence-electron chi connectivity index (χ3n) is 4.09. The first kappa shape index (κ1) is 16.3. The summed E-state index contributed by atoms with van der Waals surface area (Å²) >= 11 is 0. The van der Waals surface area contributed by atoms with Gasteiger partial charge < -0.3 is 14.5 Å². The number of hydrogen-bond donors (Lipinski definition) is 0. The van der Waals surface area contributed by atoms with Crippen LogP contribution in [0.15, 0.2) is 24.3 Å². The molecule has 0 radical (unpaired) electrons. The van der Waals surface area contributed by atoms with Crippen molar-refractivity contribution in [1.29, 1.82) is 0 Å². The lowest BCUT2D eigenvalue weighted by Gasteiger charge is -2.29. The molecule has 0 bridgehead atoms. The minimum Gasteiger partial charge on any atom is -0.492 e. The number of ether oxygens (including phenoxy) is 1. The van der Waals surface area contributed by atoms with Crippen LogP contribution in [0.1, 0.15) is 19.4 Å². The second-order valence-electron chi connectivity index (χ2n) is 5.58. The second-order valence-corrected chi connectivity index (χ2v) is 5.58. The summed E-state index contributed by atoms with van der Waals surface area (Å²) in [4.78, 5) is 27.9. The topological polar surface area (TPSA) is 49.9 Å². The van der Waals surface area contributed by atoms with E-state index in [1.54, 1.807) is 11.9 Å². The van der Waals surface area contributed by atoms with Crippen molar-refractivity contribution in [3.8, 4) is 5.75 Å². The fourth-order valence-corrected chi connectivity index (χ4v) is 2.76. The molecule has 1 heterocycles. The van der Waals surface area contributed by atoms with Crippen LogP contribution in [-0.2, 0) is 16.0 Å². The van der Waals surface area contributed by atoms with E-state index in [2.05, 4.69) is 0 Å². The highest BCUT2D eigenvalue weighted by molar-refractivity contribution is 5.86. The zero-order valence-corrected chi connectivity index (χ0v) is 13.5. The van der Waals surface area contributed by atoms with Crippen molar-refractivity contribution in [2.75, 3.05) is 33.3 Å². The normalized spacial score (nSPS) is 16.4. The van der Waals surface area contributed by atoms with Crippen molar-refractivity contribution in [3.63, 3.8) is 0 Å². The van der Waals surface area contributed by atoms with Crippen LogP contribution < -0.4 is 4.74 Å². The van der Waals surface area contributed by atoms with E-state index in [9.17, 15) is 9.59 Å². The number of nitrogens with zero attached hydrogens (tertiary/aromatic N) is 2. The molecule has 0 aromatic heterocycles. The Morgan fingerprint density at radius 2 is 1.91 bits per heavy atom. The van der Waals surface area contributed by atoms with E-state index in [-0.39, 0.29) is 24.3 Å². The van der Waals surface area contributed by atoms with Crippen molar-refractivity contribution in [1.82, 2.24) is 9.80 Å². The molecule has 1 aliphatic rings. The maximum absolute atomic E-state index is 12.5. The van der Waals surface area contributed by atoms with Gasteiger partial charge in [0.05, 0.1) is 12.5 Å². The number of carbonyl (C=O) groups is 2. The monoisotopic (exact) mass is 304 g/mol. The Labute approximate surface area is 131 Å². The molecule has 1 aromatic rings. The minimum absolute atomic E-state index is 0.0158. The fourth-order valence-electron chi connectivity index (χ4n) is 2.76. The van der Waals surface area contributed by atoms with Gasteiger partial charge in [-0.15, -0.1) is 0 Å². The first-order valence-electron chi connectivity index (χ1n) is 7.80. The summed E-state index contributed by atoms with van der Waals surface area (Å²) in [6.45, 7) is 5.71. The van der Waals surface area contributed by atoms with Crippen LogP contribution in [0.2, 0.25) is 0 Å². The molecule has 0 saturated carbocycles. The summed E-state index contributed by atoms with van der Waals surface area (Å²) in [5.74, 6) is 0.589. The zero-order valence-electron chi connectivity index (χ0n) is 13.5. The SMILES string of the molecule is CCN(CC)C(=O)CN(C)C(=O)C1COc2ccccc2C1. The average molecular weight is 304 g/mol. The van der Waals surface area contributed by atoms with Gasteiger partial charge in [-0.1, -0.05) is 18.2 Å². The summed E-state index contributed by atoms with van der Waals surface area (Å²) in [6, 6.07) is 7.78. The molecule has 1 unspecified atom stereocenters. The molecule has 120 valence electrons. The Bertz CT molecular complexity index is 540. The molecule has 1 atom stereocenters. The smallest absolute Gasteiger partial charge is 0.242 e. The third kappa shape index (κ3) is 3.59. The average Bonchev–Trinajstić information content (AvgIpc) is 2.54. The van der Waals surface area contributed by atoms with Crippen LogP contribution in [0.4, 0.5) is 0 Å². The summed E-state index contributed by atoms with van der Waals surface area (Å²) in [6.07, 6.45) is 0.665. The maximum atomic E-state index is 12.5. The molecule has 2 rings (SSSR count). The van der Waals surface area contributed by atoms with Crippen molar-refractivity contribution in [2.24, 2.45) is 5.92 Å². The Balaban J connectivity index is 1.96. The van der Waals surface area contributed by atoms with E-state index in [0.717, 1.165) is 11.3 Å². The lowest BCUT2D eigenvalue weighted by molar-refractivity contribution is -0.142. The lowest BCUT2D eigenvalue weighted by Crippen LogP contribution is -2.45. The number of likely N-dealkylation sites (N-methyl/N-ethyl adjacent to an activating group) is 2. The van der Waals surface area contributed by atoms with Crippen LogP contribution in [0.25, 0.3) is 0 Å². The molecule has 0 N–H and O–H groups in total. The number of rotatable bonds is 5. The highest BCUT2D eigenvalue weighted by Gasteiger charge is 2.29. The van der Waals surface area contributed by atoms with E-state index < -0.39 is 0 Å². The van der Waals surface area contributed by atoms with Gasteiger partial charge in [0.1, 0.15) is 12.4 Å². The maximum Gasteiger partial charge on any atom is 0.242 e. The minimum atomic E-state index is -0.218. The largest absolute Gasteiger partial charge is 0.492 e. The fraction of sp³-hybridized carbons (Fsp3) is 0.529. The number of amides is 2. The lowest BCUT2D eigenvalue weighted by atomic mass is 9.95. The summed E-state index contributed by atoms with van der Waals surface area (Å²) in [7, 11) is 1.68. The summed E-state index contributed by atoms with van der Waals surface area (Å²) in [5.41, 5.74) is 1.05. The van der Waals surface area contributed by atoms with Gasteiger partial charge in [-0.3, -0.25) is 9.59 Å². The van der Waals surface area contributed by atoms with Crippen LogP contribution in [0, 0.1) is 5.92 Å². The number of hydrogen-bond acceptors (Lipinski definition) is 3. The highest BCUT2D eigenvalue weighted by atomic mass is 16.5. The predicted molar refractivity (Wildman–Crippen MR) is 84.7 cm³/mol.